The molecule has 1 amide bonds. The van der Waals surface area contributed by atoms with E-state index in [0.717, 1.165) is 12.1 Å². The van der Waals surface area contributed by atoms with Crippen molar-refractivity contribution in [1.29, 1.82) is 0 Å². The highest BCUT2D eigenvalue weighted by atomic mass is 19.4. The van der Waals surface area contributed by atoms with Crippen LogP contribution in [0, 0.1) is 0 Å². The summed E-state index contributed by atoms with van der Waals surface area (Å²) in [5.41, 5.74) is 0.0199. The minimum absolute atomic E-state index is 0.0983. The number of ether oxygens (including phenoxy) is 1. The van der Waals surface area contributed by atoms with E-state index in [1.54, 1.807) is 17.8 Å². The van der Waals surface area contributed by atoms with Gasteiger partial charge in [0.2, 0.25) is 0 Å². The molecule has 5 nitrogen and oxygen atoms in total. The van der Waals surface area contributed by atoms with Crippen molar-refractivity contribution in [3.8, 4) is 5.75 Å². The van der Waals surface area contributed by atoms with E-state index in [1.807, 2.05) is 0 Å². The molecule has 0 aliphatic heterocycles. The molecule has 1 aromatic heterocycles. The molecule has 25 heavy (non-hydrogen) atoms. The molecule has 2 rings (SSSR count). The molecule has 1 N–H and O–H groups in total. The molecule has 2 aromatic rings. The van der Waals surface area contributed by atoms with Gasteiger partial charge in [-0.3, -0.25) is 9.59 Å². The lowest BCUT2D eigenvalue weighted by molar-refractivity contribution is -0.137. The van der Waals surface area contributed by atoms with Crippen molar-refractivity contribution in [2.45, 2.75) is 13.1 Å². The fourth-order valence-corrected chi connectivity index (χ4v) is 2.15. The molecular weight excluding hydrogens is 337 g/mol. The largest absolute Gasteiger partial charge is 0.492 e. The lowest BCUT2D eigenvalue weighted by Gasteiger charge is -2.10. The van der Waals surface area contributed by atoms with Crippen LogP contribution in [-0.4, -0.2) is 29.4 Å². The molecule has 1 heterocycles. The number of hydrogen-bond acceptors (Lipinski definition) is 3. The van der Waals surface area contributed by atoms with Crippen molar-refractivity contribution in [2.24, 2.45) is 7.05 Å². The maximum Gasteiger partial charge on any atom is 0.416 e. The summed E-state index contributed by atoms with van der Waals surface area (Å²) in [5.74, 6) is -0.230. The molecule has 0 aliphatic carbocycles. The first-order chi connectivity index (χ1) is 11.7. The molecule has 0 fully saturated rings. The van der Waals surface area contributed by atoms with Crippen LogP contribution in [0.15, 0.2) is 36.5 Å². The van der Waals surface area contributed by atoms with Gasteiger partial charge < -0.3 is 14.6 Å². The zero-order valence-electron chi connectivity index (χ0n) is 13.7. The van der Waals surface area contributed by atoms with Gasteiger partial charge in [0.15, 0.2) is 5.78 Å². The summed E-state index contributed by atoms with van der Waals surface area (Å²) in [7, 11) is 1.65. The molecule has 0 saturated heterocycles. The quantitative estimate of drug-likeness (QED) is 0.641. The second kappa shape index (κ2) is 7.42. The van der Waals surface area contributed by atoms with Crippen LogP contribution < -0.4 is 10.1 Å². The molecule has 0 aliphatic rings. The molecule has 0 spiro atoms. The maximum atomic E-state index is 12.4. The second-order valence-corrected chi connectivity index (χ2v) is 5.41. The number of carbonyl (C=O) groups excluding carboxylic acids is 2. The number of amides is 1. The van der Waals surface area contributed by atoms with Gasteiger partial charge in [0.25, 0.3) is 5.91 Å². The first-order valence-electron chi connectivity index (χ1n) is 7.44. The average Bonchev–Trinajstić information content (AvgIpc) is 2.93. The Hall–Kier alpha value is -2.77. The molecule has 0 saturated carbocycles. The summed E-state index contributed by atoms with van der Waals surface area (Å²) >= 11 is 0. The minimum Gasteiger partial charge on any atom is -0.492 e. The minimum atomic E-state index is -4.39. The first kappa shape index (κ1) is 18.6. The van der Waals surface area contributed by atoms with Crippen molar-refractivity contribution in [3.05, 3.63) is 53.3 Å². The van der Waals surface area contributed by atoms with Crippen LogP contribution in [0.4, 0.5) is 13.2 Å². The summed E-state index contributed by atoms with van der Waals surface area (Å²) in [4.78, 5) is 23.3. The molecule has 0 atom stereocenters. The van der Waals surface area contributed by atoms with E-state index in [2.05, 4.69) is 5.32 Å². The Bertz CT molecular complexity index is 764. The number of rotatable bonds is 6. The number of halogens is 3. The van der Waals surface area contributed by atoms with Gasteiger partial charge in [-0.15, -0.1) is 0 Å². The fraction of sp³-hybridized carbons (Fsp3) is 0.294. The van der Waals surface area contributed by atoms with Gasteiger partial charge in [-0.2, -0.15) is 13.2 Å². The van der Waals surface area contributed by atoms with Crippen LogP contribution in [0.2, 0.25) is 0 Å². The third-order valence-electron chi connectivity index (χ3n) is 3.48. The number of nitrogens with one attached hydrogen (secondary N) is 1. The van der Waals surface area contributed by atoms with Crippen molar-refractivity contribution in [1.82, 2.24) is 9.88 Å². The summed E-state index contributed by atoms with van der Waals surface area (Å²) in [6.45, 7) is 1.68. The highest BCUT2D eigenvalue weighted by Gasteiger charge is 2.30. The van der Waals surface area contributed by atoms with Crippen molar-refractivity contribution < 1.29 is 27.5 Å². The van der Waals surface area contributed by atoms with E-state index in [-0.39, 0.29) is 30.6 Å². The van der Waals surface area contributed by atoms with E-state index in [1.165, 1.54) is 25.1 Å². The predicted molar refractivity (Wildman–Crippen MR) is 84.7 cm³/mol. The Morgan fingerprint density at radius 1 is 1.20 bits per heavy atom. The summed E-state index contributed by atoms with van der Waals surface area (Å²) in [6, 6.07) is 5.80. The number of carbonyl (C=O) groups is 2. The predicted octanol–water partition coefficient (Wildman–Crippen LogP) is 3.06. The fourth-order valence-electron chi connectivity index (χ4n) is 2.15. The Labute approximate surface area is 142 Å². The number of aryl methyl sites for hydroxylation is 1. The molecular formula is C17H17F3N2O3. The number of ketones is 1. The van der Waals surface area contributed by atoms with Gasteiger partial charge in [-0.05, 0) is 37.3 Å². The third-order valence-corrected chi connectivity index (χ3v) is 3.48. The van der Waals surface area contributed by atoms with E-state index >= 15 is 0 Å². The molecule has 1 aromatic carbocycles. The van der Waals surface area contributed by atoms with Crippen LogP contribution in [-0.2, 0) is 13.2 Å². The number of aromatic nitrogens is 1. The van der Waals surface area contributed by atoms with E-state index in [4.69, 9.17) is 4.74 Å². The van der Waals surface area contributed by atoms with Crippen LogP contribution in [0.3, 0.4) is 0 Å². The Morgan fingerprint density at radius 2 is 1.84 bits per heavy atom. The second-order valence-electron chi connectivity index (χ2n) is 5.41. The highest BCUT2D eigenvalue weighted by molar-refractivity contribution is 5.99. The maximum absolute atomic E-state index is 12.4. The van der Waals surface area contributed by atoms with Gasteiger partial charge in [-0.25, -0.2) is 0 Å². The Balaban J connectivity index is 1.83. The van der Waals surface area contributed by atoms with E-state index in [0.29, 0.717) is 11.3 Å². The highest BCUT2D eigenvalue weighted by Crippen LogP contribution is 2.30. The smallest absolute Gasteiger partial charge is 0.416 e. The number of Topliss-reactive ketones (excluding diaryl/α,β-unsaturated/α-hetero) is 1. The molecule has 0 unspecified atom stereocenters. The monoisotopic (exact) mass is 354 g/mol. The lowest BCUT2D eigenvalue weighted by Crippen LogP contribution is -2.29. The summed E-state index contributed by atoms with van der Waals surface area (Å²) in [5, 5.41) is 2.62. The van der Waals surface area contributed by atoms with Gasteiger partial charge >= 0.3 is 6.18 Å². The Kier molecular flexibility index (Phi) is 5.51. The summed E-state index contributed by atoms with van der Waals surface area (Å²) < 4.78 is 44.2. The van der Waals surface area contributed by atoms with Crippen LogP contribution in [0.25, 0.3) is 0 Å². The third kappa shape index (κ3) is 4.85. The molecule has 8 heteroatoms. The molecule has 134 valence electrons. The number of alkyl halides is 3. The van der Waals surface area contributed by atoms with E-state index < -0.39 is 11.7 Å². The zero-order valence-corrected chi connectivity index (χ0v) is 13.7. The van der Waals surface area contributed by atoms with Gasteiger partial charge in [0.1, 0.15) is 18.1 Å². The normalized spacial score (nSPS) is 11.2. The van der Waals surface area contributed by atoms with Crippen molar-refractivity contribution in [2.75, 3.05) is 13.2 Å². The topological polar surface area (TPSA) is 60.3 Å². The van der Waals surface area contributed by atoms with Gasteiger partial charge in [-0.1, -0.05) is 0 Å². The first-order valence-corrected chi connectivity index (χ1v) is 7.44. The molecule has 0 radical (unpaired) electrons. The van der Waals surface area contributed by atoms with Crippen LogP contribution in [0.1, 0.15) is 33.3 Å². The van der Waals surface area contributed by atoms with Crippen LogP contribution >= 0.6 is 0 Å². The van der Waals surface area contributed by atoms with Gasteiger partial charge in [0.05, 0.1) is 12.1 Å². The van der Waals surface area contributed by atoms with Crippen molar-refractivity contribution in [3.63, 3.8) is 0 Å². The standard InChI is InChI=1S/C17H17F3N2O3/c1-11(23)12-9-15(22(2)10-12)16(24)21-7-8-25-14-5-3-13(4-6-14)17(18,19)20/h3-6,9-10H,7-8H2,1-2H3,(H,21,24). The van der Waals surface area contributed by atoms with Gasteiger partial charge in [0, 0.05) is 18.8 Å². The molecule has 0 bridgehead atoms. The summed E-state index contributed by atoms with van der Waals surface area (Å²) in [6.07, 6.45) is -2.82. The van der Waals surface area contributed by atoms with E-state index in [9.17, 15) is 22.8 Å². The number of hydrogen-bond donors (Lipinski definition) is 1. The average molecular weight is 354 g/mol. The SMILES string of the molecule is CC(=O)c1cc(C(=O)NCCOc2ccc(C(F)(F)F)cc2)n(C)c1. The lowest BCUT2D eigenvalue weighted by atomic mass is 10.2. The number of benzene rings is 1. The van der Waals surface area contributed by atoms with Crippen LogP contribution in [0.5, 0.6) is 5.75 Å². The zero-order chi connectivity index (χ0) is 18.6. The number of nitrogens with zero attached hydrogens (tertiary/aromatic N) is 1. The van der Waals surface area contributed by atoms with Crippen molar-refractivity contribution >= 4 is 11.7 Å². The Morgan fingerprint density at radius 3 is 2.36 bits per heavy atom.